The Morgan fingerprint density at radius 1 is 1.50 bits per heavy atom. The van der Waals surface area contributed by atoms with Crippen molar-refractivity contribution >= 4 is 0 Å². The molecule has 78 valence electrons. The maximum Gasteiger partial charge on any atom is 0.0596 e. The highest BCUT2D eigenvalue weighted by molar-refractivity contribution is 5.32. The van der Waals surface area contributed by atoms with Crippen LogP contribution in [0.1, 0.15) is 38.1 Å². The lowest BCUT2D eigenvalue weighted by Crippen LogP contribution is -2.46. The minimum Gasteiger partial charge on any atom is -0.325 e. The van der Waals surface area contributed by atoms with Gasteiger partial charge in [0.25, 0.3) is 0 Å². The fraction of sp³-hybridized carbons (Fsp3) is 0.727. The van der Waals surface area contributed by atoms with Crippen LogP contribution < -0.4 is 5.73 Å². The molecule has 0 amide bonds. The Bertz CT molecular complexity index is 353. The van der Waals surface area contributed by atoms with E-state index in [1.165, 1.54) is 18.5 Å². The van der Waals surface area contributed by atoms with E-state index in [0.717, 1.165) is 5.69 Å². The molecule has 0 aromatic carbocycles. The second-order valence-corrected chi connectivity index (χ2v) is 5.10. The van der Waals surface area contributed by atoms with Gasteiger partial charge in [0.2, 0.25) is 0 Å². The third-order valence-electron chi connectivity index (χ3n) is 3.48. The average molecular weight is 193 g/mol. The molecule has 1 aromatic rings. The highest BCUT2D eigenvalue weighted by Gasteiger charge is 2.55. The SMILES string of the molecule is Cc1cc(C2(C(C)(C)N)CC2)n(C)n1. The molecule has 2 rings (SSSR count). The summed E-state index contributed by atoms with van der Waals surface area (Å²) in [6.07, 6.45) is 2.38. The third-order valence-corrected chi connectivity index (χ3v) is 3.48. The summed E-state index contributed by atoms with van der Waals surface area (Å²) in [4.78, 5) is 0. The number of aryl methyl sites for hydroxylation is 2. The van der Waals surface area contributed by atoms with Gasteiger partial charge in [-0.15, -0.1) is 0 Å². The Balaban J connectivity index is 2.45. The van der Waals surface area contributed by atoms with Crippen LogP contribution in [0.2, 0.25) is 0 Å². The normalized spacial score (nSPS) is 19.8. The Hall–Kier alpha value is -0.830. The van der Waals surface area contributed by atoms with E-state index in [0.29, 0.717) is 0 Å². The predicted octanol–water partition coefficient (Wildman–Crippen LogP) is 1.50. The molecule has 0 atom stereocenters. The van der Waals surface area contributed by atoms with E-state index in [2.05, 4.69) is 25.0 Å². The van der Waals surface area contributed by atoms with Crippen molar-refractivity contribution in [3.8, 4) is 0 Å². The van der Waals surface area contributed by atoms with Crippen LogP contribution in [0.25, 0.3) is 0 Å². The van der Waals surface area contributed by atoms with E-state index >= 15 is 0 Å². The molecule has 0 unspecified atom stereocenters. The van der Waals surface area contributed by atoms with Gasteiger partial charge < -0.3 is 5.73 Å². The first-order chi connectivity index (χ1) is 6.37. The molecule has 1 heterocycles. The molecule has 2 N–H and O–H groups in total. The smallest absolute Gasteiger partial charge is 0.0596 e. The Morgan fingerprint density at radius 2 is 2.07 bits per heavy atom. The summed E-state index contributed by atoms with van der Waals surface area (Å²) >= 11 is 0. The van der Waals surface area contributed by atoms with Gasteiger partial charge in [0, 0.05) is 23.7 Å². The summed E-state index contributed by atoms with van der Waals surface area (Å²) in [5.41, 5.74) is 8.64. The van der Waals surface area contributed by atoms with Gasteiger partial charge in [-0.3, -0.25) is 4.68 Å². The molecule has 0 spiro atoms. The van der Waals surface area contributed by atoms with Crippen LogP contribution in [-0.2, 0) is 12.5 Å². The first-order valence-electron chi connectivity index (χ1n) is 5.17. The molecule has 1 aliphatic rings. The Labute approximate surface area is 85.3 Å². The van der Waals surface area contributed by atoms with Gasteiger partial charge in [0.1, 0.15) is 0 Å². The number of rotatable bonds is 2. The zero-order valence-electron chi connectivity index (χ0n) is 9.46. The van der Waals surface area contributed by atoms with E-state index < -0.39 is 0 Å². The van der Waals surface area contributed by atoms with Crippen LogP contribution in [0, 0.1) is 6.92 Å². The van der Waals surface area contributed by atoms with Crippen molar-refractivity contribution in [3.05, 3.63) is 17.5 Å². The minimum atomic E-state index is -0.146. The standard InChI is InChI=1S/C11H19N3/c1-8-7-9(14(4)13-8)11(5-6-11)10(2,3)12/h7H,5-6,12H2,1-4H3. The number of hydrogen-bond acceptors (Lipinski definition) is 2. The average Bonchev–Trinajstić information content (AvgIpc) is 2.73. The number of nitrogens with zero attached hydrogens (tertiary/aromatic N) is 2. The van der Waals surface area contributed by atoms with E-state index in [1.807, 2.05) is 18.7 Å². The number of nitrogens with two attached hydrogens (primary N) is 1. The summed E-state index contributed by atoms with van der Waals surface area (Å²) in [7, 11) is 2.01. The summed E-state index contributed by atoms with van der Waals surface area (Å²) in [5, 5.41) is 4.39. The summed E-state index contributed by atoms with van der Waals surface area (Å²) < 4.78 is 1.98. The Kier molecular flexibility index (Phi) is 1.80. The van der Waals surface area contributed by atoms with Gasteiger partial charge in [-0.1, -0.05) is 0 Å². The van der Waals surface area contributed by atoms with Gasteiger partial charge in [-0.2, -0.15) is 5.10 Å². The van der Waals surface area contributed by atoms with E-state index in [9.17, 15) is 0 Å². The molecule has 1 fully saturated rings. The predicted molar refractivity (Wildman–Crippen MR) is 57.1 cm³/mol. The molecule has 1 saturated carbocycles. The van der Waals surface area contributed by atoms with Crippen LogP contribution in [-0.4, -0.2) is 15.3 Å². The second kappa shape index (κ2) is 2.60. The van der Waals surface area contributed by atoms with Crippen LogP contribution in [0.5, 0.6) is 0 Å². The lowest BCUT2D eigenvalue weighted by molar-refractivity contribution is 0.372. The van der Waals surface area contributed by atoms with E-state index in [1.54, 1.807) is 0 Å². The maximum absolute atomic E-state index is 6.24. The van der Waals surface area contributed by atoms with Crippen LogP contribution in [0.3, 0.4) is 0 Å². The van der Waals surface area contributed by atoms with Crippen molar-refractivity contribution in [3.63, 3.8) is 0 Å². The molecule has 0 saturated heterocycles. The van der Waals surface area contributed by atoms with Crippen LogP contribution in [0.4, 0.5) is 0 Å². The molecule has 0 bridgehead atoms. The van der Waals surface area contributed by atoms with Crippen LogP contribution in [0.15, 0.2) is 6.07 Å². The zero-order valence-corrected chi connectivity index (χ0v) is 9.46. The van der Waals surface area contributed by atoms with Crippen molar-refractivity contribution in [2.45, 2.75) is 44.6 Å². The minimum absolute atomic E-state index is 0.146. The van der Waals surface area contributed by atoms with Crippen molar-refractivity contribution in [1.29, 1.82) is 0 Å². The molecule has 0 aliphatic heterocycles. The van der Waals surface area contributed by atoms with Crippen LogP contribution >= 0.6 is 0 Å². The Morgan fingerprint density at radius 3 is 2.36 bits per heavy atom. The number of aromatic nitrogens is 2. The molecule has 1 aliphatic carbocycles. The second-order valence-electron chi connectivity index (χ2n) is 5.10. The summed E-state index contributed by atoms with van der Waals surface area (Å²) in [5.74, 6) is 0. The topological polar surface area (TPSA) is 43.8 Å². The number of hydrogen-bond donors (Lipinski definition) is 1. The van der Waals surface area contributed by atoms with Crippen molar-refractivity contribution in [1.82, 2.24) is 9.78 Å². The largest absolute Gasteiger partial charge is 0.325 e. The van der Waals surface area contributed by atoms with Gasteiger partial charge in [0.15, 0.2) is 0 Å². The first kappa shape index (κ1) is 9.71. The molecular weight excluding hydrogens is 174 g/mol. The first-order valence-corrected chi connectivity index (χ1v) is 5.17. The molecular formula is C11H19N3. The molecule has 3 nitrogen and oxygen atoms in total. The van der Waals surface area contributed by atoms with Crippen molar-refractivity contribution in [2.24, 2.45) is 12.8 Å². The van der Waals surface area contributed by atoms with Crippen molar-refractivity contribution < 1.29 is 0 Å². The van der Waals surface area contributed by atoms with Gasteiger partial charge in [0.05, 0.1) is 5.69 Å². The quantitative estimate of drug-likeness (QED) is 0.773. The van der Waals surface area contributed by atoms with Gasteiger partial charge >= 0.3 is 0 Å². The maximum atomic E-state index is 6.24. The lowest BCUT2D eigenvalue weighted by atomic mass is 9.82. The van der Waals surface area contributed by atoms with Gasteiger partial charge in [-0.05, 0) is 39.7 Å². The molecule has 1 aromatic heterocycles. The highest BCUT2D eigenvalue weighted by atomic mass is 15.3. The molecule has 0 radical (unpaired) electrons. The lowest BCUT2D eigenvalue weighted by Gasteiger charge is -2.30. The third kappa shape index (κ3) is 1.19. The monoisotopic (exact) mass is 193 g/mol. The van der Waals surface area contributed by atoms with Gasteiger partial charge in [-0.25, -0.2) is 0 Å². The van der Waals surface area contributed by atoms with E-state index in [4.69, 9.17) is 5.73 Å². The molecule has 3 heteroatoms. The van der Waals surface area contributed by atoms with E-state index in [-0.39, 0.29) is 11.0 Å². The summed E-state index contributed by atoms with van der Waals surface area (Å²) in [6, 6.07) is 2.17. The fourth-order valence-corrected chi connectivity index (χ4v) is 2.41. The summed E-state index contributed by atoms with van der Waals surface area (Å²) in [6.45, 7) is 6.26. The van der Waals surface area contributed by atoms with Crippen molar-refractivity contribution in [2.75, 3.05) is 0 Å². The highest BCUT2D eigenvalue weighted by Crippen LogP contribution is 2.54. The molecule has 14 heavy (non-hydrogen) atoms. The zero-order chi connectivity index (χ0) is 10.6. The fourth-order valence-electron chi connectivity index (χ4n) is 2.41.